The van der Waals surface area contributed by atoms with Gasteiger partial charge in [-0.25, -0.2) is 13.2 Å². The van der Waals surface area contributed by atoms with Gasteiger partial charge >= 0.3 is 5.97 Å². The van der Waals surface area contributed by atoms with E-state index in [4.69, 9.17) is 4.74 Å². The summed E-state index contributed by atoms with van der Waals surface area (Å²) < 4.78 is 33.2. The highest BCUT2D eigenvalue weighted by molar-refractivity contribution is 7.89. The van der Waals surface area contributed by atoms with E-state index in [1.54, 1.807) is 36.4 Å². The van der Waals surface area contributed by atoms with Gasteiger partial charge in [0.15, 0.2) is 0 Å². The second-order valence-corrected chi connectivity index (χ2v) is 11.8. The first-order valence-corrected chi connectivity index (χ1v) is 13.9. The van der Waals surface area contributed by atoms with E-state index < -0.39 is 33.8 Å². The van der Waals surface area contributed by atoms with Crippen molar-refractivity contribution in [1.82, 2.24) is 9.21 Å². The lowest BCUT2D eigenvalue weighted by atomic mass is 10.1. The second kappa shape index (κ2) is 11.1. The van der Waals surface area contributed by atoms with Crippen molar-refractivity contribution in [1.29, 1.82) is 0 Å². The maximum absolute atomic E-state index is 13.6. The molecule has 0 saturated carbocycles. The molecule has 2 amide bonds. The van der Waals surface area contributed by atoms with Crippen LogP contribution in [0, 0.1) is 0 Å². The number of carbonyl (C=O) groups is 3. The van der Waals surface area contributed by atoms with Crippen LogP contribution in [0.1, 0.15) is 16.8 Å². The molecule has 3 aromatic rings. The van der Waals surface area contributed by atoms with Crippen molar-refractivity contribution in [2.24, 2.45) is 0 Å². The van der Waals surface area contributed by atoms with E-state index >= 15 is 0 Å². The normalized spacial score (nSPS) is 17.8. The van der Waals surface area contributed by atoms with Crippen molar-refractivity contribution in [3.63, 3.8) is 0 Å². The number of nitrogens with zero attached hydrogens (tertiary/aromatic N) is 3. The number of sulfonamides is 1. The van der Waals surface area contributed by atoms with Crippen LogP contribution in [0.3, 0.4) is 0 Å². The van der Waals surface area contributed by atoms with E-state index in [0.29, 0.717) is 5.69 Å². The van der Waals surface area contributed by atoms with Crippen LogP contribution in [0.4, 0.5) is 5.69 Å². The number of anilines is 1. The van der Waals surface area contributed by atoms with E-state index in [2.05, 4.69) is 12.6 Å². The second-order valence-electron chi connectivity index (χ2n) is 9.14. The number of rotatable bonds is 7. The Balaban J connectivity index is 1.53. The molecule has 0 radical (unpaired) electrons. The van der Waals surface area contributed by atoms with Crippen molar-refractivity contribution >= 4 is 56.9 Å². The lowest BCUT2D eigenvalue weighted by Crippen LogP contribution is -2.49. The van der Waals surface area contributed by atoms with Gasteiger partial charge in [0, 0.05) is 25.9 Å². The lowest BCUT2D eigenvalue weighted by molar-refractivity contribution is -0.136. The Hall–Kier alpha value is -3.41. The molecular formula is C27H29N3O6S2. The summed E-state index contributed by atoms with van der Waals surface area (Å²) in [4.78, 5) is 41.2. The minimum Gasteiger partial charge on any atom is -0.465 e. The summed E-state index contributed by atoms with van der Waals surface area (Å²) in [6.45, 7) is -0.245. The van der Waals surface area contributed by atoms with Gasteiger partial charge in [-0.2, -0.15) is 16.9 Å². The SMILES string of the molecule is COC(=O)c1ccccc1N(C)C(=O)CN(C)C(=O)[C@@H]1C[C@@H](S)CN1S(=O)(=O)c1ccc2ccccc2c1. The van der Waals surface area contributed by atoms with E-state index in [1.807, 2.05) is 24.3 Å². The van der Waals surface area contributed by atoms with E-state index in [9.17, 15) is 22.8 Å². The van der Waals surface area contributed by atoms with Gasteiger partial charge in [0.1, 0.15) is 6.04 Å². The summed E-state index contributed by atoms with van der Waals surface area (Å²) in [5.41, 5.74) is 0.545. The number of carbonyl (C=O) groups excluding carboxylic acids is 3. The predicted molar refractivity (Wildman–Crippen MR) is 148 cm³/mol. The zero-order valence-electron chi connectivity index (χ0n) is 21.3. The topological polar surface area (TPSA) is 104 Å². The summed E-state index contributed by atoms with van der Waals surface area (Å²) >= 11 is 4.47. The van der Waals surface area contributed by atoms with Gasteiger partial charge < -0.3 is 14.5 Å². The third-order valence-electron chi connectivity index (χ3n) is 6.64. The zero-order valence-corrected chi connectivity index (χ0v) is 23.0. The third kappa shape index (κ3) is 5.40. The molecule has 38 heavy (non-hydrogen) atoms. The molecule has 1 aliphatic rings. The number of benzene rings is 3. The first-order valence-electron chi connectivity index (χ1n) is 11.9. The average Bonchev–Trinajstić information content (AvgIpc) is 3.33. The molecule has 0 N–H and O–H groups in total. The molecule has 3 aromatic carbocycles. The summed E-state index contributed by atoms with van der Waals surface area (Å²) in [5, 5.41) is 1.35. The fourth-order valence-corrected chi connectivity index (χ4v) is 6.72. The Bertz CT molecular complexity index is 1490. The maximum Gasteiger partial charge on any atom is 0.339 e. The van der Waals surface area contributed by atoms with Crippen LogP contribution in [0.5, 0.6) is 0 Å². The molecule has 0 aromatic heterocycles. The zero-order chi connectivity index (χ0) is 27.6. The van der Waals surface area contributed by atoms with Gasteiger partial charge in [-0.1, -0.05) is 42.5 Å². The molecule has 4 rings (SSSR count). The number of fused-ring (bicyclic) bond motifs is 1. The number of likely N-dealkylation sites (N-methyl/N-ethyl adjacent to an activating group) is 2. The Labute approximate surface area is 227 Å². The highest BCUT2D eigenvalue weighted by Gasteiger charge is 2.44. The average molecular weight is 556 g/mol. The van der Waals surface area contributed by atoms with Crippen LogP contribution < -0.4 is 4.90 Å². The fourth-order valence-electron chi connectivity index (χ4n) is 4.56. The van der Waals surface area contributed by atoms with Crippen molar-refractivity contribution in [2.45, 2.75) is 22.6 Å². The van der Waals surface area contributed by atoms with Crippen molar-refractivity contribution in [3.05, 3.63) is 72.3 Å². The molecule has 9 nitrogen and oxygen atoms in total. The van der Waals surface area contributed by atoms with Crippen LogP contribution >= 0.6 is 12.6 Å². The molecule has 0 bridgehead atoms. The minimum absolute atomic E-state index is 0.0723. The first kappa shape index (κ1) is 27.6. The van der Waals surface area contributed by atoms with Crippen LogP contribution in [0.15, 0.2) is 71.6 Å². The molecule has 1 heterocycles. The number of para-hydroxylation sites is 1. The fraction of sp³-hybridized carbons (Fsp3) is 0.296. The maximum atomic E-state index is 13.6. The van der Waals surface area contributed by atoms with Gasteiger partial charge in [-0.05, 0) is 41.5 Å². The Kier molecular flexibility index (Phi) is 8.10. The molecule has 0 spiro atoms. The number of thiol groups is 1. The van der Waals surface area contributed by atoms with Crippen molar-refractivity contribution < 1.29 is 27.5 Å². The number of methoxy groups -OCH3 is 1. The standard InChI is InChI=1S/C27H29N3O6S2/c1-28(17-25(31)29(2)23-11-7-6-10-22(23)27(33)36-3)26(32)24-15-20(37)16-30(24)38(34,35)21-13-12-18-8-4-5-9-19(18)14-21/h4-14,20,24,37H,15-17H2,1-3H3/t20-,24+/m1/s1. The van der Waals surface area contributed by atoms with Crippen molar-refractivity contribution in [2.75, 3.05) is 39.2 Å². The van der Waals surface area contributed by atoms with Gasteiger partial charge in [0.25, 0.3) is 0 Å². The molecule has 11 heteroatoms. The summed E-state index contributed by atoms with van der Waals surface area (Å²) in [6, 6.07) is 17.8. The van der Waals surface area contributed by atoms with Gasteiger partial charge in [-0.15, -0.1) is 0 Å². The highest BCUT2D eigenvalue weighted by atomic mass is 32.2. The number of hydrogen-bond acceptors (Lipinski definition) is 7. The van der Waals surface area contributed by atoms with Gasteiger partial charge in [-0.3, -0.25) is 9.59 Å². The van der Waals surface area contributed by atoms with E-state index in [-0.39, 0.29) is 35.2 Å². The lowest BCUT2D eigenvalue weighted by Gasteiger charge is -2.28. The molecule has 2 atom stereocenters. The van der Waals surface area contributed by atoms with Crippen LogP contribution in [-0.4, -0.2) is 81.0 Å². The smallest absolute Gasteiger partial charge is 0.339 e. The number of ether oxygens (including phenoxy) is 1. The molecule has 200 valence electrons. The van der Waals surface area contributed by atoms with Crippen LogP contribution in [0.2, 0.25) is 0 Å². The molecular weight excluding hydrogens is 526 g/mol. The molecule has 0 aliphatic carbocycles. The Morgan fingerprint density at radius 1 is 1.00 bits per heavy atom. The Morgan fingerprint density at radius 3 is 2.37 bits per heavy atom. The molecule has 1 saturated heterocycles. The first-order chi connectivity index (χ1) is 18.0. The van der Waals surface area contributed by atoms with E-state index in [1.165, 1.54) is 41.4 Å². The van der Waals surface area contributed by atoms with Crippen molar-refractivity contribution in [3.8, 4) is 0 Å². The molecule has 0 unspecified atom stereocenters. The monoisotopic (exact) mass is 555 g/mol. The van der Waals surface area contributed by atoms with Crippen LogP contribution in [-0.2, 0) is 24.3 Å². The highest BCUT2D eigenvalue weighted by Crippen LogP contribution is 2.31. The summed E-state index contributed by atoms with van der Waals surface area (Å²) in [6.07, 6.45) is 0.217. The largest absolute Gasteiger partial charge is 0.465 e. The Morgan fingerprint density at radius 2 is 1.66 bits per heavy atom. The van der Waals surface area contributed by atoms with Gasteiger partial charge in [0.05, 0.1) is 29.8 Å². The predicted octanol–water partition coefficient (Wildman–Crippen LogP) is 2.81. The number of hydrogen-bond donors (Lipinski definition) is 1. The summed E-state index contributed by atoms with van der Waals surface area (Å²) in [5.74, 6) is -1.56. The quantitative estimate of drug-likeness (QED) is 0.355. The van der Waals surface area contributed by atoms with Crippen LogP contribution in [0.25, 0.3) is 10.8 Å². The summed E-state index contributed by atoms with van der Waals surface area (Å²) in [7, 11) is 0.195. The third-order valence-corrected chi connectivity index (χ3v) is 8.88. The number of amides is 2. The molecule has 1 fully saturated rings. The van der Waals surface area contributed by atoms with Gasteiger partial charge in [0.2, 0.25) is 21.8 Å². The minimum atomic E-state index is -4.01. The molecule has 1 aliphatic heterocycles. The number of esters is 1. The van der Waals surface area contributed by atoms with E-state index in [0.717, 1.165) is 10.8 Å².